The van der Waals surface area contributed by atoms with Gasteiger partial charge in [-0.05, 0) is 32.3 Å². The zero-order valence-electron chi connectivity index (χ0n) is 10.1. The van der Waals surface area contributed by atoms with Gasteiger partial charge in [-0.25, -0.2) is 4.99 Å². The van der Waals surface area contributed by atoms with Crippen LogP contribution >= 0.6 is 0 Å². The average Bonchev–Trinajstić information content (AvgIpc) is 2.60. The Morgan fingerprint density at radius 1 is 1.19 bits per heavy atom. The molecule has 0 N–H and O–H groups in total. The largest absolute Gasteiger partial charge is 0.478 e. The van der Waals surface area contributed by atoms with Gasteiger partial charge in [0.25, 0.3) is 0 Å². The second kappa shape index (κ2) is 4.69. The standard InChI is InChI=1S/C14H19NO/c1-14(2)11-16-13(15-14)10-6-9-12-7-4-3-5-8-12/h3-5,7-8H,6,9-11H2,1-2H3. The van der Waals surface area contributed by atoms with Crippen molar-refractivity contribution in [1.29, 1.82) is 0 Å². The zero-order chi connectivity index (χ0) is 11.4. The summed E-state index contributed by atoms with van der Waals surface area (Å²) in [4.78, 5) is 4.55. The normalized spacial score (nSPS) is 18.0. The van der Waals surface area contributed by atoms with Crippen molar-refractivity contribution in [3.63, 3.8) is 0 Å². The van der Waals surface area contributed by atoms with Crippen LogP contribution in [-0.2, 0) is 11.2 Å². The molecular weight excluding hydrogens is 198 g/mol. The molecule has 0 aliphatic carbocycles. The number of aliphatic imine (C=N–C) groups is 1. The van der Waals surface area contributed by atoms with Crippen LogP contribution in [0.15, 0.2) is 35.3 Å². The lowest BCUT2D eigenvalue weighted by Gasteiger charge is -2.07. The number of ether oxygens (including phenoxy) is 1. The van der Waals surface area contributed by atoms with Gasteiger partial charge in [-0.3, -0.25) is 0 Å². The van der Waals surface area contributed by atoms with Crippen LogP contribution in [0.4, 0.5) is 0 Å². The first-order valence-corrected chi connectivity index (χ1v) is 5.91. The molecule has 1 aromatic carbocycles. The highest BCUT2D eigenvalue weighted by atomic mass is 16.5. The first kappa shape index (κ1) is 11.2. The number of aryl methyl sites for hydroxylation is 1. The average molecular weight is 217 g/mol. The first-order chi connectivity index (χ1) is 7.66. The van der Waals surface area contributed by atoms with Gasteiger partial charge < -0.3 is 4.74 Å². The van der Waals surface area contributed by atoms with E-state index in [2.05, 4.69) is 49.2 Å². The molecule has 86 valence electrons. The summed E-state index contributed by atoms with van der Waals surface area (Å²) in [6.07, 6.45) is 3.17. The third kappa shape index (κ3) is 3.09. The topological polar surface area (TPSA) is 21.6 Å². The molecule has 1 heterocycles. The molecule has 2 heteroatoms. The zero-order valence-corrected chi connectivity index (χ0v) is 10.1. The van der Waals surface area contributed by atoms with Crippen LogP contribution in [0.2, 0.25) is 0 Å². The van der Waals surface area contributed by atoms with Gasteiger partial charge in [0.2, 0.25) is 0 Å². The van der Waals surface area contributed by atoms with E-state index in [0.717, 1.165) is 31.8 Å². The lowest BCUT2D eigenvalue weighted by molar-refractivity contribution is 0.273. The third-order valence-corrected chi connectivity index (χ3v) is 2.72. The van der Waals surface area contributed by atoms with E-state index in [-0.39, 0.29) is 5.54 Å². The molecule has 0 radical (unpaired) electrons. The third-order valence-electron chi connectivity index (χ3n) is 2.72. The molecule has 2 rings (SSSR count). The highest BCUT2D eigenvalue weighted by Gasteiger charge is 2.25. The van der Waals surface area contributed by atoms with Gasteiger partial charge in [0, 0.05) is 6.42 Å². The molecule has 1 aromatic rings. The summed E-state index contributed by atoms with van der Waals surface area (Å²) < 4.78 is 5.56. The SMILES string of the molecule is CC1(C)COC(CCCc2ccccc2)=N1. The molecule has 0 atom stereocenters. The van der Waals surface area contributed by atoms with Gasteiger partial charge in [0.15, 0.2) is 5.90 Å². The Morgan fingerprint density at radius 3 is 2.56 bits per heavy atom. The predicted molar refractivity (Wildman–Crippen MR) is 66.8 cm³/mol. The van der Waals surface area contributed by atoms with Crippen molar-refractivity contribution in [2.24, 2.45) is 4.99 Å². The Balaban J connectivity index is 1.77. The van der Waals surface area contributed by atoms with Crippen LogP contribution in [0.1, 0.15) is 32.3 Å². The molecule has 0 saturated heterocycles. The lowest BCUT2D eigenvalue weighted by atomic mass is 10.1. The second-order valence-corrected chi connectivity index (χ2v) is 4.95. The minimum atomic E-state index is -0.0118. The summed E-state index contributed by atoms with van der Waals surface area (Å²) in [6.45, 7) is 4.95. The van der Waals surface area contributed by atoms with E-state index < -0.39 is 0 Å². The number of benzene rings is 1. The molecular formula is C14H19NO. The number of hydrogen-bond acceptors (Lipinski definition) is 2. The maximum Gasteiger partial charge on any atom is 0.183 e. The minimum Gasteiger partial charge on any atom is -0.478 e. The first-order valence-electron chi connectivity index (χ1n) is 5.91. The lowest BCUT2D eigenvalue weighted by Crippen LogP contribution is -2.17. The van der Waals surface area contributed by atoms with Crippen LogP contribution in [0, 0.1) is 0 Å². The fraction of sp³-hybridized carbons (Fsp3) is 0.500. The molecule has 0 fully saturated rings. The van der Waals surface area contributed by atoms with Crippen molar-refractivity contribution in [3.8, 4) is 0 Å². The van der Waals surface area contributed by atoms with Gasteiger partial charge in [-0.1, -0.05) is 30.3 Å². The monoisotopic (exact) mass is 217 g/mol. The molecule has 0 saturated carbocycles. The summed E-state index contributed by atoms with van der Waals surface area (Å²) in [5.74, 6) is 0.931. The molecule has 1 aliphatic rings. The quantitative estimate of drug-likeness (QED) is 0.759. The highest BCUT2D eigenvalue weighted by molar-refractivity contribution is 5.78. The predicted octanol–water partition coefficient (Wildman–Crippen LogP) is 3.22. The van der Waals surface area contributed by atoms with Gasteiger partial charge in [-0.15, -0.1) is 0 Å². The van der Waals surface area contributed by atoms with Crippen LogP contribution in [-0.4, -0.2) is 18.0 Å². The van der Waals surface area contributed by atoms with Crippen molar-refractivity contribution in [2.45, 2.75) is 38.6 Å². The minimum absolute atomic E-state index is 0.0118. The molecule has 0 aromatic heterocycles. The van der Waals surface area contributed by atoms with Gasteiger partial charge >= 0.3 is 0 Å². The Bertz CT molecular complexity index is 368. The Kier molecular flexibility index (Phi) is 3.28. The van der Waals surface area contributed by atoms with Gasteiger partial charge in [0.1, 0.15) is 6.61 Å². The maximum absolute atomic E-state index is 5.56. The van der Waals surface area contributed by atoms with Crippen molar-refractivity contribution >= 4 is 5.90 Å². The second-order valence-electron chi connectivity index (χ2n) is 4.95. The van der Waals surface area contributed by atoms with E-state index in [1.165, 1.54) is 5.56 Å². The van der Waals surface area contributed by atoms with E-state index in [4.69, 9.17) is 4.74 Å². The molecule has 0 spiro atoms. The van der Waals surface area contributed by atoms with E-state index in [0.29, 0.717) is 0 Å². The van der Waals surface area contributed by atoms with Crippen LogP contribution in [0.25, 0.3) is 0 Å². The maximum atomic E-state index is 5.56. The Morgan fingerprint density at radius 2 is 1.94 bits per heavy atom. The molecule has 1 aliphatic heterocycles. The number of nitrogens with zero attached hydrogens (tertiary/aromatic N) is 1. The molecule has 0 bridgehead atoms. The van der Waals surface area contributed by atoms with Crippen molar-refractivity contribution in [3.05, 3.63) is 35.9 Å². The van der Waals surface area contributed by atoms with Gasteiger partial charge in [-0.2, -0.15) is 0 Å². The number of hydrogen-bond donors (Lipinski definition) is 0. The van der Waals surface area contributed by atoms with Crippen LogP contribution < -0.4 is 0 Å². The van der Waals surface area contributed by atoms with Gasteiger partial charge in [0.05, 0.1) is 5.54 Å². The highest BCUT2D eigenvalue weighted by Crippen LogP contribution is 2.19. The van der Waals surface area contributed by atoms with Crippen molar-refractivity contribution < 1.29 is 4.74 Å². The summed E-state index contributed by atoms with van der Waals surface area (Å²) in [5, 5.41) is 0. The van der Waals surface area contributed by atoms with E-state index in [9.17, 15) is 0 Å². The van der Waals surface area contributed by atoms with E-state index in [1.54, 1.807) is 0 Å². The van der Waals surface area contributed by atoms with Crippen LogP contribution in [0.5, 0.6) is 0 Å². The van der Waals surface area contributed by atoms with E-state index in [1.807, 2.05) is 0 Å². The van der Waals surface area contributed by atoms with Crippen LogP contribution in [0.3, 0.4) is 0 Å². The summed E-state index contributed by atoms with van der Waals surface area (Å²) in [7, 11) is 0. The molecule has 0 amide bonds. The smallest absolute Gasteiger partial charge is 0.183 e. The van der Waals surface area contributed by atoms with Crippen molar-refractivity contribution in [1.82, 2.24) is 0 Å². The molecule has 16 heavy (non-hydrogen) atoms. The Labute approximate surface area is 97.4 Å². The summed E-state index contributed by atoms with van der Waals surface area (Å²) in [6, 6.07) is 10.6. The number of rotatable bonds is 4. The fourth-order valence-corrected chi connectivity index (χ4v) is 1.88. The van der Waals surface area contributed by atoms with Crippen molar-refractivity contribution in [2.75, 3.05) is 6.61 Å². The molecule has 0 unspecified atom stereocenters. The Hall–Kier alpha value is -1.31. The summed E-state index contributed by atoms with van der Waals surface area (Å²) in [5.41, 5.74) is 1.38. The fourth-order valence-electron chi connectivity index (χ4n) is 1.88. The molecule has 2 nitrogen and oxygen atoms in total. The van der Waals surface area contributed by atoms with E-state index >= 15 is 0 Å². The summed E-state index contributed by atoms with van der Waals surface area (Å²) >= 11 is 0.